The van der Waals surface area contributed by atoms with Crippen molar-refractivity contribution in [2.45, 2.75) is 31.8 Å². The summed E-state index contributed by atoms with van der Waals surface area (Å²) in [6.07, 6.45) is 2.75. The van der Waals surface area contributed by atoms with Crippen LogP contribution in [0.25, 0.3) is 0 Å². The van der Waals surface area contributed by atoms with Crippen LogP contribution in [0, 0.1) is 17.1 Å². The highest BCUT2D eigenvalue weighted by Gasteiger charge is 2.29. The average Bonchev–Trinajstić information content (AvgIpc) is 3.21. The summed E-state index contributed by atoms with van der Waals surface area (Å²) in [6, 6.07) is 8.12. The SMILES string of the molecule is N#CCc1sc(COc2ccc(F)cc2)nc1C1CC1. The molecule has 1 heterocycles. The van der Waals surface area contributed by atoms with Crippen LogP contribution < -0.4 is 4.74 Å². The standard InChI is InChI=1S/C15H13FN2OS/c16-11-3-5-12(6-4-11)19-9-14-18-15(10-1-2-10)13(20-14)7-8-17/h3-6,10H,1-2,7,9H2. The second kappa shape index (κ2) is 5.59. The molecule has 1 saturated carbocycles. The highest BCUT2D eigenvalue weighted by molar-refractivity contribution is 7.11. The molecule has 3 rings (SSSR count). The van der Waals surface area contributed by atoms with Crippen LogP contribution in [0.1, 0.15) is 34.3 Å². The summed E-state index contributed by atoms with van der Waals surface area (Å²) in [7, 11) is 0. The topological polar surface area (TPSA) is 45.9 Å². The summed E-state index contributed by atoms with van der Waals surface area (Å²) in [4.78, 5) is 5.65. The summed E-state index contributed by atoms with van der Waals surface area (Å²) in [5, 5.41) is 9.73. The number of thiazole rings is 1. The van der Waals surface area contributed by atoms with Crippen molar-refractivity contribution in [1.82, 2.24) is 4.98 Å². The Balaban J connectivity index is 1.69. The Morgan fingerprint density at radius 1 is 1.35 bits per heavy atom. The van der Waals surface area contributed by atoms with Crippen LogP contribution in [0.2, 0.25) is 0 Å². The molecule has 1 aromatic heterocycles. The van der Waals surface area contributed by atoms with Gasteiger partial charge in [-0.25, -0.2) is 9.37 Å². The van der Waals surface area contributed by atoms with E-state index < -0.39 is 0 Å². The predicted octanol–water partition coefficient (Wildman–Crippen LogP) is 3.80. The summed E-state index contributed by atoms with van der Waals surface area (Å²) in [6.45, 7) is 0.363. The van der Waals surface area contributed by atoms with E-state index in [1.807, 2.05) is 0 Å². The molecule has 1 fully saturated rings. The van der Waals surface area contributed by atoms with E-state index in [0.717, 1.165) is 15.6 Å². The second-order valence-electron chi connectivity index (χ2n) is 4.77. The first-order valence-corrected chi connectivity index (χ1v) is 7.31. The summed E-state index contributed by atoms with van der Waals surface area (Å²) in [5.41, 5.74) is 1.08. The van der Waals surface area contributed by atoms with Crippen molar-refractivity contribution in [2.75, 3.05) is 0 Å². The number of nitriles is 1. The minimum Gasteiger partial charge on any atom is -0.486 e. The van der Waals surface area contributed by atoms with E-state index in [1.54, 1.807) is 23.5 Å². The first-order chi connectivity index (χ1) is 9.76. The molecule has 0 spiro atoms. The first-order valence-electron chi connectivity index (χ1n) is 6.50. The molecule has 0 unspecified atom stereocenters. The van der Waals surface area contributed by atoms with Gasteiger partial charge in [0.1, 0.15) is 23.2 Å². The molecule has 5 heteroatoms. The first kappa shape index (κ1) is 13.1. The van der Waals surface area contributed by atoms with E-state index in [1.165, 1.54) is 25.0 Å². The molecule has 0 bridgehead atoms. The van der Waals surface area contributed by atoms with Gasteiger partial charge < -0.3 is 4.74 Å². The molecular weight excluding hydrogens is 275 g/mol. The molecule has 0 radical (unpaired) electrons. The molecule has 102 valence electrons. The zero-order chi connectivity index (χ0) is 13.9. The number of benzene rings is 1. The zero-order valence-corrected chi connectivity index (χ0v) is 11.6. The fourth-order valence-corrected chi connectivity index (χ4v) is 3.03. The number of hydrogen-bond acceptors (Lipinski definition) is 4. The lowest BCUT2D eigenvalue weighted by molar-refractivity contribution is 0.305. The number of rotatable bonds is 5. The molecule has 0 saturated heterocycles. The summed E-state index contributed by atoms with van der Waals surface area (Å²) >= 11 is 1.54. The summed E-state index contributed by atoms with van der Waals surface area (Å²) in [5.74, 6) is 0.879. The zero-order valence-electron chi connectivity index (χ0n) is 10.8. The molecule has 3 nitrogen and oxygen atoms in total. The maximum Gasteiger partial charge on any atom is 0.140 e. The van der Waals surface area contributed by atoms with Gasteiger partial charge in [0.2, 0.25) is 0 Å². The van der Waals surface area contributed by atoms with Crippen molar-refractivity contribution in [1.29, 1.82) is 5.26 Å². The van der Waals surface area contributed by atoms with Gasteiger partial charge in [-0.05, 0) is 37.1 Å². The largest absolute Gasteiger partial charge is 0.486 e. The molecule has 1 aliphatic carbocycles. The Kier molecular flexibility index (Phi) is 3.66. The van der Waals surface area contributed by atoms with Crippen LogP contribution >= 0.6 is 11.3 Å². The molecule has 0 N–H and O–H groups in total. The van der Waals surface area contributed by atoms with Gasteiger partial charge in [0.05, 0.1) is 18.2 Å². The number of hydrogen-bond donors (Lipinski definition) is 0. The predicted molar refractivity (Wildman–Crippen MR) is 74.1 cm³/mol. The van der Waals surface area contributed by atoms with Crippen LogP contribution in [0.4, 0.5) is 4.39 Å². The van der Waals surface area contributed by atoms with Gasteiger partial charge in [0, 0.05) is 10.8 Å². The Morgan fingerprint density at radius 3 is 2.75 bits per heavy atom. The second-order valence-corrected chi connectivity index (χ2v) is 5.94. The Labute approximate surface area is 120 Å². The van der Waals surface area contributed by atoms with Crippen molar-refractivity contribution in [2.24, 2.45) is 0 Å². The third-order valence-electron chi connectivity index (χ3n) is 3.15. The minimum atomic E-state index is -0.279. The number of halogens is 1. The third-order valence-corrected chi connectivity index (χ3v) is 4.20. The van der Waals surface area contributed by atoms with Gasteiger partial charge in [0.15, 0.2) is 0 Å². The van der Waals surface area contributed by atoms with Crippen molar-refractivity contribution >= 4 is 11.3 Å². The van der Waals surface area contributed by atoms with E-state index in [9.17, 15) is 4.39 Å². The van der Waals surface area contributed by atoms with Crippen molar-refractivity contribution in [3.63, 3.8) is 0 Å². The fraction of sp³-hybridized carbons (Fsp3) is 0.333. The van der Waals surface area contributed by atoms with Crippen LogP contribution in [-0.4, -0.2) is 4.98 Å². The fourth-order valence-electron chi connectivity index (χ4n) is 2.03. The lowest BCUT2D eigenvalue weighted by Crippen LogP contribution is -1.95. The monoisotopic (exact) mass is 288 g/mol. The average molecular weight is 288 g/mol. The van der Waals surface area contributed by atoms with Crippen LogP contribution in [0.3, 0.4) is 0 Å². The molecule has 0 aliphatic heterocycles. The number of ether oxygens (including phenoxy) is 1. The number of aromatic nitrogens is 1. The lowest BCUT2D eigenvalue weighted by atomic mass is 10.2. The molecular formula is C15H13FN2OS. The van der Waals surface area contributed by atoms with E-state index in [-0.39, 0.29) is 5.82 Å². The molecule has 0 amide bonds. The van der Waals surface area contributed by atoms with Gasteiger partial charge in [-0.1, -0.05) is 0 Å². The van der Waals surface area contributed by atoms with Gasteiger partial charge >= 0.3 is 0 Å². The Morgan fingerprint density at radius 2 is 2.10 bits per heavy atom. The lowest BCUT2D eigenvalue weighted by Gasteiger charge is -2.03. The maximum absolute atomic E-state index is 12.8. The quantitative estimate of drug-likeness (QED) is 0.840. The van der Waals surface area contributed by atoms with Crippen LogP contribution in [0.5, 0.6) is 5.75 Å². The minimum absolute atomic E-state index is 0.279. The smallest absolute Gasteiger partial charge is 0.140 e. The van der Waals surface area contributed by atoms with Crippen LogP contribution in [-0.2, 0) is 13.0 Å². The van der Waals surface area contributed by atoms with E-state index in [2.05, 4.69) is 11.1 Å². The van der Waals surface area contributed by atoms with E-state index >= 15 is 0 Å². The third kappa shape index (κ3) is 2.97. The van der Waals surface area contributed by atoms with Crippen molar-refractivity contribution < 1.29 is 9.13 Å². The van der Waals surface area contributed by atoms with Gasteiger partial charge in [-0.2, -0.15) is 5.26 Å². The summed E-state index contributed by atoms with van der Waals surface area (Å²) < 4.78 is 18.4. The highest BCUT2D eigenvalue weighted by Crippen LogP contribution is 2.42. The molecule has 20 heavy (non-hydrogen) atoms. The number of nitrogens with zero attached hydrogens (tertiary/aromatic N) is 2. The van der Waals surface area contributed by atoms with E-state index in [4.69, 9.17) is 10.00 Å². The Hall–Kier alpha value is -1.93. The van der Waals surface area contributed by atoms with Gasteiger partial charge in [-0.15, -0.1) is 11.3 Å². The highest BCUT2D eigenvalue weighted by atomic mass is 32.1. The Bertz CT molecular complexity index is 641. The van der Waals surface area contributed by atoms with Gasteiger partial charge in [-0.3, -0.25) is 0 Å². The van der Waals surface area contributed by atoms with Gasteiger partial charge in [0.25, 0.3) is 0 Å². The molecule has 2 aromatic rings. The van der Waals surface area contributed by atoms with Crippen LogP contribution in [0.15, 0.2) is 24.3 Å². The maximum atomic E-state index is 12.8. The molecule has 1 aliphatic rings. The van der Waals surface area contributed by atoms with Crippen molar-refractivity contribution in [3.8, 4) is 11.8 Å². The molecule has 0 atom stereocenters. The normalized spacial score (nSPS) is 14.0. The van der Waals surface area contributed by atoms with E-state index in [0.29, 0.717) is 24.7 Å². The van der Waals surface area contributed by atoms with Crippen molar-refractivity contribution in [3.05, 3.63) is 45.7 Å². The molecule has 1 aromatic carbocycles.